The Labute approximate surface area is 84.8 Å². The molecule has 2 nitrogen and oxygen atoms in total. The molecule has 0 bridgehead atoms. The number of carbonyl (C=O) groups excluding carboxylic acids is 1. The molecule has 0 unspecified atom stereocenters. The van der Waals surface area contributed by atoms with E-state index < -0.39 is 0 Å². The number of aliphatic hydroxyl groups is 1. The van der Waals surface area contributed by atoms with Gasteiger partial charge in [-0.3, -0.25) is 4.79 Å². The van der Waals surface area contributed by atoms with Gasteiger partial charge in [-0.2, -0.15) is 0 Å². The van der Waals surface area contributed by atoms with Crippen molar-refractivity contribution in [3.05, 3.63) is 33.8 Å². The highest BCUT2D eigenvalue weighted by molar-refractivity contribution is 8.25. The third-order valence-corrected chi connectivity index (χ3v) is 4.48. The van der Waals surface area contributed by atoms with Crippen LogP contribution in [0.3, 0.4) is 0 Å². The topological polar surface area (TPSA) is 37.3 Å². The van der Waals surface area contributed by atoms with Crippen LogP contribution in [0.5, 0.6) is 0 Å². The zero-order valence-corrected chi connectivity index (χ0v) is 8.45. The van der Waals surface area contributed by atoms with E-state index in [1.807, 2.05) is 0 Å². The molecule has 4 heteroatoms. The fourth-order valence-corrected chi connectivity index (χ4v) is 3.68. The van der Waals surface area contributed by atoms with Gasteiger partial charge in [0.05, 0.1) is 4.24 Å². The van der Waals surface area contributed by atoms with Gasteiger partial charge in [0.15, 0.2) is 5.78 Å². The second-order valence-corrected chi connectivity index (χ2v) is 5.13. The summed E-state index contributed by atoms with van der Waals surface area (Å²) in [5.74, 6) is 2.12. The molecule has 68 valence electrons. The second-order valence-electron chi connectivity index (χ2n) is 2.66. The van der Waals surface area contributed by atoms with E-state index in [9.17, 15) is 9.90 Å². The van der Waals surface area contributed by atoms with Crippen molar-refractivity contribution in [2.24, 2.45) is 0 Å². The van der Waals surface area contributed by atoms with E-state index in [4.69, 9.17) is 0 Å². The molecule has 2 aliphatic rings. The molecule has 0 saturated carbocycles. The Balaban J connectivity index is 2.34. The standard InChI is InChI=1S/C9H8O2S2/c10-6-1-2-7(8(11)5-6)9-12-3-4-13-9/h1-2,5,11H,3-4H2. The molecule has 1 N–H and O–H groups in total. The number of thioether (sulfide) groups is 2. The van der Waals surface area contributed by atoms with Gasteiger partial charge in [-0.1, -0.05) is 0 Å². The van der Waals surface area contributed by atoms with Gasteiger partial charge in [0.1, 0.15) is 5.76 Å². The highest BCUT2D eigenvalue weighted by Gasteiger charge is 2.17. The SMILES string of the molecule is O=C1C=CC(=C2SCCS2)C(O)=C1. The monoisotopic (exact) mass is 212 g/mol. The van der Waals surface area contributed by atoms with Crippen molar-refractivity contribution in [2.75, 3.05) is 11.5 Å². The molecule has 1 fully saturated rings. The van der Waals surface area contributed by atoms with Crippen molar-refractivity contribution in [1.82, 2.24) is 0 Å². The molecule has 1 heterocycles. The molecule has 2 rings (SSSR count). The van der Waals surface area contributed by atoms with Gasteiger partial charge in [0.25, 0.3) is 0 Å². The van der Waals surface area contributed by atoms with Crippen molar-refractivity contribution in [1.29, 1.82) is 0 Å². The van der Waals surface area contributed by atoms with Gasteiger partial charge in [0, 0.05) is 23.2 Å². The smallest absolute Gasteiger partial charge is 0.182 e. The highest BCUT2D eigenvalue weighted by Crippen LogP contribution is 2.41. The highest BCUT2D eigenvalue weighted by atomic mass is 32.2. The zero-order chi connectivity index (χ0) is 9.26. The van der Waals surface area contributed by atoms with E-state index in [-0.39, 0.29) is 11.5 Å². The van der Waals surface area contributed by atoms with Crippen molar-refractivity contribution in [3.8, 4) is 0 Å². The van der Waals surface area contributed by atoms with Crippen molar-refractivity contribution in [2.45, 2.75) is 0 Å². The number of ketones is 1. The predicted molar refractivity (Wildman–Crippen MR) is 56.8 cm³/mol. The van der Waals surface area contributed by atoms with Crippen LogP contribution in [0.15, 0.2) is 33.8 Å². The van der Waals surface area contributed by atoms with Gasteiger partial charge in [-0.05, 0) is 12.2 Å². The number of hydrogen-bond acceptors (Lipinski definition) is 4. The number of carbonyl (C=O) groups is 1. The summed E-state index contributed by atoms with van der Waals surface area (Å²) >= 11 is 3.47. The summed E-state index contributed by atoms with van der Waals surface area (Å²) in [5.41, 5.74) is 0.798. The second kappa shape index (κ2) is 3.64. The van der Waals surface area contributed by atoms with E-state index in [1.54, 1.807) is 29.6 Å². The van der Waals surface area contributed by atoms with E-state index in [1.165, 1.54) is 12.2 Å². The molecule has 1 saturated heterocycles. The first-order chi connectivity index (χ1) is 6.27. The van der Waals surface area contributed by atoms with E-state index in [0.29, 0.717) is 0 Å². The number of hydrogen-bond donors (Lipinski definition) is 1. The average Bonchev–Trinajstić information content (AvgIpc) is 2.56. The largest absolute Gasteiger partial charge is 0.507 e. The van der Waals surface area contributed by atoms with E-state index in [2.05, 4.69) is 0 Å². The summed E-state index contributed by atoms with van der Waals surface area (Å²) in [7, 11) is 0. The molecule has 13 heavy (non-hydrogen) atoms. The lowest BCUT2D eigenvalue weighted by atomic mass is 10.1. The van der Waals surface area contributed by atoms with Crippen LogP contribution in [0.1, 0.15) is 0 Å². The van der Waals surface area contributed by atoms with Crippen LogP contribution < -0.4 is 0 Å². The molecule has 0 aromatic rings. The van der Waals surface area contributed by atoms with Crippen LogP contribution in [0.2, 0.25) is 0 Å². The summed E-state index contributed by atoms with van der Waals surface area (Å²) < 4.78 is 1.12. The predicted octanol–water partition coefficient (Wildman–Crippen LogP) is 2.26. The molecular weight excluding hydrogens is 204 g/mol. The van der Waals surface area contributed by atoms with Crippen LogP contribution in [-0.4, -0.2) is 22.4 Å². The Morgan fingerprint density at radius 1 is 1.23 bits per heavy atom. The van der Waals surface area contributed by atoms with Crippen LogP contribution in [-0.2, 0) is 4.79 Å². The lowest BCUT2D eigenvalue weighted by molar-refractivity contribution is -0.110. The Bertz CT molecular complexity index is 332. The Morgan fingerprint density at radius 3 is 2.54 bits per heavy atom. The molecule has 0 radical (unpaired) electrons. The van der Waals surface area contributed by atoms with Gasteiger partial charge >= 0.3 is 0 Å². The molecule has 0 spiro atoms. The van der Waals surface area contributed by atoms with Gasteiger partial charge in [-0.15, -0.1) is 23.5 Å². The lowest BCUT2D eigenvalue weighted by Crippen LogP contribution is -1.99. The maximum absolute atomic E-state index is 10.9. The minimum atomic E-state index is -0.144. The van der Waals surface area contributed by atoms with E-state index in [0.717, 1.165) is 21.3 Å². The first-order valence-corrected chi connectivity index (χ1v) is 5.87. The van der Waals surface area contributed by atoms with Crippen LogP contribution in [0.25, 0.3) is 0 Å². The summed E-state index contributed by atoms with van der Waals surface area (Å²) in [5, 5.41) is 9.50. The average molecular weight is 212 g/mol. The van der Waals surface area contributed by atoms with Gasteiger partial charge < -0.3 is 5.11 Å². The van der Waals surface area contributed by atoms with Gasteiger partial charge in [-0.25, -0.2) is 0 Å². The molecular formula is C9H8O2S2. The first-order valence-electron chi connectivity index (χ1n) is 3.90. The maximum atomic E-state index is 10.9. The molecule has 0 aromatic heterocycles. The third-order valence-electron chi connectivity index (χ3n) is 1.74. The normalized spacial score (nSPS) is 22.5. The first kappa shape index (κ1) is 8.97. The van der Waals surface area contributed by atoms with Crippen molar-refractivity contribution < 1.29 is 9.90 Å². The molecule has 0 amide bonds. The van der Waals surface area contributed by atoms with Crippen molar-refractivity contribution >= 4 is 29.3 Å². The zero-order valence-electron chi connectivity index (χ0n) is 6.82. The summed E-state index contributed by atoms with van der Waals surface area (Å²) in [6.45, 7) is 0. The Hall–Kier alpha value is -0.610. The fraction of sp³-hybridized carbons (Fsp3) is 0.222. The minimum Gasteiger partial charge on any atom is -0.507 e. The van der Waals surface area contributed by atoms with E-state index >= 15 is 0 Å². The summed E-state index contributed by atoms with van der Waals surface area (Å²) in [4.78, 5) is 10.9. The third kappa shape index (κ3) is 1.84. The minimum absolute atomic E-state index is 0.101. The van der Waals surface area contributed by atoms with Crippen LogP contribution in [0, 0.1) is 0 Å². The number of aliphatic hydroxyl groups excluding tert-OH is 1. The summed E-state index contributed by atoms with van der Waals surface area (Å²) in [6, 6.07) is 0. The summed E-state index contributed by atoms with van der Waals surface area (Å²) in [6.07, 6.45) is 4.45. The quantitative estimate of drug-likeness (QED) is 0.668. The van der Waals surface area contributed by atoms with Gasteiger partial charge in [0.2, 0.25) is 0 Å². The molecule has 1 aliphatic heterocycles. The molecule has 0 aromatic carbocycles. The fourth-order valence-electron chi connectivity index (χ4n) is 1.15. The van der Waals surface area contributed by atoms with Crippen molar-refractivity contribution in [3.63, 3.8) is 0 Å². The van der Waals surface area contributed by atoms with Crippen LogP contribution in [0.4, 0.5) is 0 Å². The Morgan fingerprint density at radius 2 is 1.92 bits per heavy atom. The Kier molecular flexibility index (Phi) is 2.51. The number of rotatable bonds is 0. The lowest BCUT2D eigenvalue weighted by Gasteiger charge is -2.07. The van der Waals surface area contributed by atoms with Crippen LogP contribution >= 0.6 is 23.5 Å². The number of allylic oxidation sites excluding steroid dienone is 3. The molecule has 0 atom stereocenters. The maximum Gasteiger partial charge on any atom is 0.182 e. The molecule has 1 aliphatic carbocycles.